The smallest absolute Gasteiger partial charge is 0.315 e. The highest BCUT2D eigenvalue weighted by molar-refractivity contribution is 7.90. The van der Waals surface area contributed by atoms with Crippen molar-refractivity contribution in [1.29, 1.82) is 0 Å². The molecule has 0 aliphatic carbocycles. The summed E-state index contributed by atoms with van der Waals surface area (Å²) in [6, 6.07) is 8.04. The largest absolute Gasteiger partial charge is 0.348 e. The molecule has 2 heterocycles. The van der Waals surface area contributed by atoms with E-state index in [1.807, 2.05) is 0 Å². The quantitative estimate of drug-likeness (QED) is 0.667. The van der Waals surface area contributed by atoms with Gasteiger partial charge in [-0.15, -0.1) is 0 Å². The van der Waals surface area contributed by atoms with Gasteiger partial charge in [0, 0.05) is 13.1 Å². The third-order valence-corrected chi connectivity index (χ3v) is 6.39. The van der Waals surface area contributed by atoms with E-state index >= 15 is 0 Å². The predicted molar refractivity (Wildman–Crippen MR) is 103 cm³/mol. The summed E-state index contributed by atoms with van der Waals surface area (Å²) >= 11 is 0. The van der Waals surface area contributed by atoms with Crippen molar-refractivity contribution in [2.75, 3.05) is 26.2 Å². The van der Waals surface area contributed by atoms with Crippen LogP contribution in [0.4, 0.5) is 0 Å². The Labute approximate surface area is 165 Å². The van der Waals surface area contributed by atoms with Crippen LogP contribution in [0, 0.1) is 5.92 Å². The fourth-order valence-electron chi connectivity index (χ4n) is 3.36. The molecule has 1 aromatic heterocycles. The van der Waals surface area contributed by atoms with Gasteiger partial charge in [-0.25, -0.2) is 8.42 Å². The van der Waals surface area contributed by atoms with E-state index < -0.39 is 21.5 Å². The van der Waals surface area contributed by atoms with Gasteiger partial charge >= 0.3 is 11.8 Å². The van der Waals surface area contributed by atoms with Gasteiger partial charge < -0.3 is 14.7 Å². The number of likely N-dealkylation sites (tertiary alicyclic amines) is 1. The first-order chi connectivity index (χ1) is 13.4. The molecule has 0 unspecified atom stereocenters. The van der Waals surface area contributed by atoms with Crippen molar-refractivity contribution in [2.45, 2.75) is 36.8 Å². The second-order valence-corrected chi connectivity index (χ2v) is 9.23. The zero-order valence-corrected chi connectivity index (χ0v) is 16.8. The average Bonchev–Trinajstić information content (AvgIpc) is 3.14. The van der Waals surface area contributed by atoms with Crippen molar-refractivity contribution in [3.8, 4) is 0 Å². The summed E-state index contributed by atoms with van der Waals surface area (Å²) in [7, 11) is -3.59. The van der Waals surface area contributed by atoms with Crippen LogP contribution in [-0.4, -0.2) is 55.5 Å². The van der Waals surface area contributed by atoms with Gasteiger partial charge in [-0.1, -0.05) is 30.3 Å². The molecule has 8 nitrogen and oxygen atoms in total. The number of aromatic nitrogens is 2. The maximum absolute atomic E-state index is 12.3. The lowest BCUT2D eigenvalue weighted by Crippen LogP contribution is -2.36. The Morgan fingerprint density at radius 1 is 1.32 bits per heavy atom. The molecule has 9 heteroatoms. The lowest BCUT2D eigenvalue weighted by Gasteiger charge is -2.30. The molecule has 0 radical (unpaired) electrons. The van der Waals surface area contributed by atoms with E-state index in [9.17, 15) is 13.2 Å². The van der Waals surface area contributed by atoms with Crippen LogP contribution in [-0.2, 0) is 15.6 Å². The molecule has 152 valence electrons. The molecule has 0 bridgehead atoms. The first-order valence-electron chi connectivity index (χ1n) is 9.55. The molecule has 3 rings (SSSR count). The lowest BCUT2D eigenvalue weighted by molar-refractivity contribution is 0.0906. The van der Waals surface area contributed by atoms with Gasteiger partial charge in [-0.3, -0.25) is 4.79 Å². The van der Waals surface area contributed by atoms with Crippen molar-refractivity contribution in [2.24, 2.45) is 5.92 Å². The Hall–Kier alpha value is -2.26. The molecule has 1 saturated heterocycles. The highest BCUT2D eigenvalue weighted by atomic mass is 32.2. The fourth-order valence-corrected chi connectivity index (χ4v) is 4.55. The van der Waals surface area contributed by atoms with Crippen LogP contribution in [0.1, 0.15) is 42.7 Å². The third kappa shape index (κ3) is 5.62. The molecule has 0 spiro atoms. The summed E-state index contributed by atoms with van der Waals surface area (Å²) in [5.74, 6) is -0.419. The van der Waals surface area contributed by atoms with Gasteiger partial charge in [0.05, 0.1) is 4.90 Å². The Bertz CT molecular complexity index is 882. The third-order valence-electron chi connectivity index (χ3n) is 4.76. The van der Waals surface area contributed by atoms with Crippen LogP contribution in [0.5, 0.6) is 0 Å². The van der Waals surface area contributed by atoms with Gasteiger partial charge in [-0.05, 0) is 50.4 Å². The lowest BCUT2D eigenvalue weighted by atomic mass is 10.0. The first kappa shape index (κ1) is 20.5. The van der Waals surface area contributed by atoms with Gasteiger partial charge in [0.25, 0.3) is 0 Å². The molecule has 1 aliphatic rings. The van der Waals surface area contributed by atoms with E-state index in [2.05, 4.69) is 27.3 Å². The minimum absolute atomic E-state index is 0.0312. The summed E-state index contributed by atoms with van der Waals surface area (Å²) in [6.07, 6.45) is 3.35. The molecule has 1 atom stereocenters. The number of piperidine rings is 1. The second-order valence-electron chi connectivity index (χ2n) is 7.25. The van der Waals surface area contributed by atoms with Crippen molar-refractivity contribution in [3.63, 3.8) is 0 Å². The fraction of sp³-hybridized carbons (Fsp3) is 0.526. The molecular formula is C19H26N4O4S. The number of amides is 1. The molecule has 1 amide bonds. The molecule has 1 N–H and O–H groups in total. The predicted octanol–water partition coefficient (Wildman–Crippen LogP) is 1.90. The number of rotatable bonds is 8. The maximum atomic E-state index is 12.3. The minimum Gasteiger partial charge on any atom is -0.348 e. The van der Waals surface area contributed by atoms with Gasteiger partial charge in [-0.2, -0.15) is 4.98 Å². The molecule has 1 aromatic carbocycles. The standard InChI is InChI=1S/C19H26N4O4S/c1-15-7-5-11-23(13-15)12-6-10-20-18(24)19-21-17(22-27-19)14-28(25,26)16-8-3-2-4-9-16/h2-4,8-9,15H,5-7,10-14H2,1H3,(H,20,24)/t15-/m1/s1. The Balaban J connectivity index is 1.46. The molecule has 0 saturated carbocycles. The van der Waals surface area contributed by atoms with Crippen molar-refractivity contribution in [1.82, 2.24) is 20.4 Å². The normalized spacial score (nSPS) is 18.1. The van der Waals surface area contributed by atoms with Crippen LogP contribution < -0.4 is 5.32 Å². The number of benzene rings is 1. The summed E-state index contributed by atoms with van der Waals surface area (Å²) < 4.78 is 29.6. The number of sulfone groups is 1. The van der Waals surface area contributed by atoms with E-state index in [0.29, 0.717) is 6.54 Å². The Morgan fingerprint density at radius 3 is 2.86 bits per heavy atom. The Morgan fingerprint density at radius 2 is 2.11 bits per heavy atom. The van der Waals surface area contributed by atoms with Crippen LogP contribution in [0.2, 0.25) is 0 Å². The van der Waals surface area contributed by atoms with Gasteiger partial charge in [0.15, 0.2) is 15.7 Å². The van der Waals surface area contributed by atoms with E-state index in [0.717, 1.165) is 32.0 Å². The van der Waals surface area contributed by atoms with E-state index in [-0.39, 0.29) is 16.6 Å². The van der Waals surface area contributed by atoms with Gasteiger partial charge in [0.1, 0.15) is 5.75 Å². The topological polar surface area (TPSA) is 105 Å². The van der Waals surface area contributed by atoms with Crippen molar-refractivity contribution >= 4 is 15.7 Å². The summed E-state index contributed by atoms with van der Waals surface area (Å²) in [5, 5.41) is 6.37. The average molecular weight is 407 g/mol. The van der Waals surface area contributed by atoms with Crippen LogP contribution in [0.15, 0.2) is 39.8 Å². The Kier molecular flexibility index (Phi) is 6.79. The summed E-state index contributed by atoms with van der Waals surface area (Å²) in [4.78, 5) is 18.6. The number of nitrogens with one attached hydrogen (secondary N) is 1. The van der Waals surface area contributed by atoms with Crippen molar-refractivity contribution < 1.29 is 17.7 Å². The number of carbonyl (C=O) groups is 1. The van der Waals surface area contributed by atoms with Crippen LogP contribution >= 0.6 is 0 Å². The monoisotopic (exact) mass is 406 g/mol. The second kappa shape index (κ2) is 9.29. The molecule has 28 heavy (non-hydrogen) atoms. The number of hydrogen-bond acceptors (Lipinski definition) is 7. The van der Waals surface area contributed by atoms with E-state index in [1.54, 1.807) is 18.2 Å². The van der Waals surface area contributed by atoms with E-state index in [4.69, 9.17) is 4.52 Å². The zero-order chi connectivity index (χ0) is 20.0. The highest BCUT2D eigenvalue weighted by Crippen LogP contribution is 2.16. The summed E-state index contributed by atoms with van der Waals surface area (Å²) in [5.41, 5.74) is 0. The number of nitrogens with zero attached hydrogens (tertiary/aromatic N) is 3. The molecule has 2 aromatic rings. The first-order valence-corrected chi connectivity index (χ1v) is 11.2. The number of hydrogen-bond donors (Lipinski definition) is 1. The zero-order valence-electron chi connectivity index (χ0n) is 16.0. The number of carbonyl (C=O) groups excluding carboxylic acids is 1. The highest BCUT2D eigenvalue weighted by Gasteiger charge is 2.21. The van der Waals surface area contributed by atoms with Crippen LogP contribution in [0.25, 0.3) is 0 Å². The van der Waals surface area contributed by atoms with E-state index in [1.165, 1.54) is 25.0 Å². The SMILES string of the molecule is C[C@@H]1CCCN(CCCNC(=O)c2nc(CS(=O)(=O)c3ccccc3)no2)C1. The molecule has 1 aliphatic heterocycles. The minimum atomic E-state index is -3.59. The maximum Gasteiger partial charge on any atom is 0.315 e. The molecular weight excluding hydrogens is 380 g/mol. The van der Waals surface area contributed by atoms with Crippen LogP contribution in [0.3, 0.4) is 0 Å². The van der Waals surface area contributed by atoms with Crippen molar-refractivity contribution in [3.05, 3.63) is 42.0 Å². The molecule has 1 fully saturated rings. The summed E-state index contributed by atoms with van der Waals surface area (Å²) in [6.45, 7) is 5.93. The van der Waals surface area contributed by atoms with Gasteiger partial charge in [0.2, 0.25) is 0 Å².